The lowest BCUT2D eigenvalue weighted by molar-refractivity contribution is -0.144. The molecule has 0 radical (unpaired) electrons. The molecule has 2 saturated heterocycles. The van der Waals surface area contributed by atoms with Crippen molar-refractivity contribution in [2.24, 2.45) is 0 Å². The van der Waals surface area contributed by atoms with Gasteiger partial charge in [-0.3, -0.25) is 9.69 Å². The molecule has 2 bridgehead atoms. The van der Waals surface area contributed by atoms with Gasteiger partial charge in [-0.2, -0.15) is 4.31 Å². The maximum Gasteiger partial charge on any atom is 0.407 e. The maximum absolute atomic E-state index is 13.3. The number of pyridine rings is 1. The van der Waals surface area contributed by atoms with E-state index in [1.165, 1.54) is 19.2 Å². The molecule has 1 aromatic heterocycles. The first-order valence-corrected chi connectivity index (χ1v) is 11.8. The van der Waals surface area contributed by atoms with Crippen molar-refractivity contribution in [2.75, 3.05) is 20.4 Å². The molecule has 2 aliphatic rings. The van der Waals surface area contributed by atoms with Crippen molar-refractivity contribution < 1.29 is 42.4 Å². The van der Waals surface area contributed by atoms with Crippen LogP contribution in [0.1, 0.15) is 12.8 Å². The zero-order valence-corrected chi connectivity index (χ0v) is 18.9. The van der Waals surface area contributed by atoms with Crippen molar-refractivity contribution in [3.63, 3.8) is 0 Å². The second-order valence-corrected chi connectivity index (χ2v) is 9.69. The summed E-state index contributed by atoms with van der Waals surface area (Å²) in [6.45, 7) is -0.134. The van der Waals surface area contributed by atoms with Gasteiger partial charge >= 0.3 is 12.1 Å². The molecule has 3 atom stereocenters. The summed E-state index contributed by atoms with van der Waals surface area (Å²) in [7, 11) is -2.74. The fraction of sp³-hybridized carbons (Fsp3) is 0.381. The Morgan fingerprint density at radius 1 is 1.09 bits per heavy atom. The van der Waals surface area contributed by atoms with Crippen LogP contribution in [0.3, 0.4) is 0 Å². The normalized spacial score (nSPS) is 22.4. The highest BCUT2D eigenvalue weighted by Crippen LogP contribution is 2.37. The van der Waals surface area contributed by atoms with E-state index in [0.29, 0.717) is 17.9 Å². The van der Waals surface area contributed by atoms with E-state index in [4.69, 9.17) is 14.2 Å². The summed E-state index contributed by atoms with van der Waals surface area (Å²) in [6.07, 6.45) is 0.510. The molecule has 13 heteroatoms. The molecule has 2 N–H and O–H groups in total. The molecule has 0 saturated carbocycles. The van der Waals surface area contributed by atoms with Gasteiger partial charge in [0.25, 0.3) is 0 Å². The number of carboxylic acid groups (broad SMARTS) is 2. The summed E-state index contributed by atoms with van der Waals surface area (Å²) in [6, 6.07) is 6.20. The molecule has 2 aliphatic heterocycles. The Kier molecular flexibility index (Phi) is 6.59. The first-order valence-electron chi connectivity index (χ1n) is 10.3. The van der Waals surface area contributed by atoms with E-state index in [-0.39, 0.29) is 30.5 Å². The second kappa shape index (κ2) is 9.44. The molecule has 34 heavy (non-hydrogen) atoms. The molecule has 4 rings (SSSR count). The van der Waals surface area contributed by atoms with Crippen molar-refractivity contribution in [2.45, 2.75) is 35.9 Å². The molecule has 2 aromatic rings. The number of carbonyl (C=O) groups is 2. The van der Waals surface area contributed by atoms with Gasteiger partial charge in [-0.25, -0.2) is 18.2 Å². The van der Waals surface area contributed by atoms with Crippen LogP contribution in [0, 0.1) is 0 Å². The van der Waals surface area contributed by atoms with Crippen LogP contribution in [-0.2, 0) is 19.6 Å². The second-order valence-electron chi connectivity index (χ2n) is 7.80. The monoisotopic (exact) mass is 493 g/mol. The summed E-state index contributed by atoms with van der Waals surface area (Å²) in [5.41, 5.74) is 0. The number of fused-ring (bicyclic) bond motifs is 2. The molecule has 0 aliphatic carbocycles. The first kappa shape index (κ1) is 23.7. The number of benzene rings is 1. The van der Waals surface area contributed by atoms with Gasteiger partial charge in [-0.15, -0.1) is 0 Å². The number of aliphatic carboxylic acids is 1. The number of hydrogen-bond acceptors (Lipinski definition) is 8. The van der Waals surface area contributed by atoms with Crippen LogP contribution < -0.4 is 9.47 Å². The highest BCUT2D eigenvalue weighted by Gasteiger charge is 2.55. The molecule has 0 unspecified atom stereocenters. The minimum absolute atomic E-state index is 0.104. The number of nitrogens with zero attached hydrogens (tertiary/aromatic N) is 3. The smallest absolute Gasteiger partial charge is 0.407 e. The van der Waals surface area contributed by atoms with Gasteiger partial charge < -0.3 is 24.4 Å². The highest BCUT2D eigenvalue weighted by molar-refractivity contribution is 7.89. The van der Waals surface area contributed by atoms with Crippen LogP contribution >= 0.6 is 0 Å². The van der Waals surface area contributed by atoms with E-state index in [1.54, 1.807) is 24.3 Å². The molecule has 12 nitrogen and oxygen atoms in total. The number of hydrogen-bond donors (Lipinski definition) is 2. The van der Waals surface area contributed by atoms with Crippen LogP contribution in [0.4, 0.5) is 4.79 Å². The predicted octanol–water partition coefficient (Wildman–Crippen LogP) is 1.83. The van der Waals surface area contributed by atoms with Crippen molar-refractivity contribution >= 4 is 22.1 Å². The number of carboxylic acids is 1. The van der Waals surface area contributed by atoms with E-state index >= 15 is 0 Å². The number of methoxy groups -OCH3 is 1. The molecule has 182 valence electrons. The number of sulfonamides is 1. The summed E-state index contributed by atoms with van der Waals surface area (Å²) >= 11 is 0. The fourth-order valence-electron chi connectivity index (χ4n) is 4.31. The Morgan fingerprint density at radius 2 is 1.79 bits per heavy atom. The van der Waals surface area contributed by atoms with Gasteiger partial charge in [-0.1, -0.05) is 0 Å². The highest BCUT2D eigenvalue weighted by atomic mass is 32.2. The van der Waals surface area contributed by atoms with Crippen molar-refractivity contribution in [3.05, 3.63) is 42.6 Å². The van der Waals surface area contributed by atoms with Crippen molar-refractivity contribution in [1.82, 2.24) is 14.2 Å². The molecule has 2 fully saturated rings. The number of aromatic nitrogens is 1. The third-order valence-electron chi connectivity index (χ3n) is 5.79. The quantitative estimate of drug-likeness (QED) is 0.520. The lowest BCUT2D eigenvalue weighted by Crippen LogP contribution is -2.64. The minimum Gasteiger partial charge on any atom is -0.480 e. The van der Waals surface area contributed by atoms with Gasteiger partial charge in [0, 0.05) is 25.8 Å². The summed E-state index contributed by atoms with van der Waals surface area (Å²) in [5.74, 6) is -0.241. The number of piperazine rings is 1. The summed E-state index contributed by atoms with van der Waals surface area (Å²) in [5, 5.41) is 19.2. The largest absolute Gasteiger partial charge is 0.480 e. The number of amides is 1. The standard InChI is InChI=1S/C21H23N3O9S/c1-31-12-32-14-3-5-15(6-4-14)33-18-9-7-16(10-22-18)34(29,30)23-11-13-2-8-17(19(23)20(25)26)24(13)21(27)28/h3-7,9-10,13,17,19H,2,8,11-12H2,1H3,(H,25,26)(H,27,28)/t13-,17+,19-/m1/s1. The Hall–Kier alpha value is -3.42. The zero-order valence-electron chi connectivity index (χ0n) is 18.1. The van der Waals surface area contributed by atoms with Gasteiger partial charge in [-0.05, 0) is 43.2 Å². The number of ether oxygens (including phenoxy) is 3. The lowest BCUT2D eigenvalue weighted by Gasteiger charge is -2.42. The van der Waals surface area contributed by atoms with E-state index in [0.717, 1.165) is 15.4 Å². The molecular formula is C21H23N3O9S. The topological polar surface area (TPSA) is 156 Å². The van der Waals surface area contributed by atoms with Crippen LogP contribution in [0.2, 0.25) is 0 Å². The Morgan fingerprint density at radius 3 is 2.38 bits per heavy atom. The Balaban J connectivity index is 1.51. The average Bonchev–Trinajstić information content (AvgIpc) is 3.12. The van der Waals surface area contributed by atoms with Gasteiger partial charge in [0.05, 0.1) is 12.2 Å². The lowest BCUT2D eigenvalue weighted by atomic mass is 10.1. The summed E-state index contributed by atoms with van der Waals surface area (Å²) in [4.78, 5) is 28.4. The zero-order chi connectivity index (χ0) is 24.5. The number of rotatable bonds is 8. The van der Waals surface area contributed by atoms with Crippen LogP contribution in [0.15, 0.2) is 47.5 Å². The molecule has 0 spiro atoms. The van der Waals surface area contributed by atoms with Gasteiger partial charge in [0.15, 0.2) is 6.79 Å². The predicted molar refractivity (Wildman–Crippen MR) is 115 cm³/mol. The summed E-state index contributed by atoms with van der Waals surface area (Å²) < 4.78 is 43.2. The third kappa shape index (κ3) is 4.49. The molecule has 3 heterocycles. The van der Waals surface area contributed by atoms with Crippen LogP contribution in [-0.4, -0.2) is 83.5 Å². The molecular weight excluding hydrogens is 470 g/mol. The van der Waals surface area contributed by atoms with Crippen molar-refractivity contribution in [3.8, 4) is 17.4 Å². The SMILES string of the molecule is COCOc1ccc(Oc2ccc(S(=O)(=O)N3C[C@H]4CC[C@@H]([C@@H]3C(=O)O)N4C(=O)O)cn2)cc1. The molecule has 1 amide bonds. The fourth-order valence-corrected chi connectivity index (χ4v) is 5.91. The van der Waals surface area contributed by atoms with E-state index in [9.17, 15) is 28.2 Å². The maximum atomic E-state index is 13.3. The molecule has 1 aromatic carbocycles. The third-order valence-corrected chi connectivity index (χ3v) is 7.62. The minimum atomic E-state index is -4.25. The van der Waals surface area contributed by atoms with Crippen LogP contribution in [0.5, 0.6) is 17.4 Å². The van der Waals surface area contributed by atoms with Crippen LogP contribution in [0.25, 0.3) is 0 Å². The van der Waals surface area contributed by atoms with Crippen molar-refractivity contribution in [1.29, 1.82) is 0 Å². The average molecular weight is 493 g/mol. The Bertz CT molecular complexity index is 1160. The van der Waals surface area contributed by atoms with Gasteiger partial charge in [0.1, 0.15) is 22.4 Å². The van der Waals surface area contributed by atoms with Gasteiger partial charge in [0.2, 0.25) is 15.9 Å². The van der Waals surface area contributed by atoms with E-state index in [2.05, 4.69) is 4.98 Å². The van der Waals surface area contributed by atoms with E-state index in [1.807, 2.05) is 0 Å². The first-order chi connectivity index (χ1) is 16.2. The van der Waals surface area contributed by atoms with E-state index < -0.39 is 40.2 Å². The Labute approximate surface area is 195 Å².